The SMILES string of the molecule is Cc1ccc(CNc2nc(NC(C)CN)nc3c2cnn3C)cc1Cl. The van der Waals surface area contributed by atoms with Crippen LogP contribution in [0.3, 0.4) is 0 Å². The molecule has 1 atom stereocenters. The molecule has 0 spiro atoms. The minimum absolute atomic E-state index is 0.0782. The molecule has 0 saturated carbocycles. The lowest BCUT2D eigenvalue weighted by Crippen LogP contribution is -2.26. The third-order valence-corrected chi connectivity index (χ3v) is 4.42. The number of aryl methyl sites for hydroxylation is 2. The number of hydrogen-bond donors (Lipinski definition) is 3. The number of nitrogens with two attached hydrogens (primary N) is 1. The number of aromatic nitrogens is 4. The van der Waals surface area contributed by atoms with E-state index in [-0.39, 0.29) is 6.04 Å². The van der Waals surface area contributed by atoms with Gasteiger partial charge in [0.05, 0.1) is 11.6 Å². The van der Waals surface area contributed by atoms with Crippen molar-refractivity contribution < 1.29 is 0 Å². The van der Waals surface area contributed by atoms with Crippen molar-refractivity contribution in [2.24, 2.45) is 12.8 Å². The first kappa shape index (κ1) is 17.4. The standard InChI is InChI=1S/C17H22ClN7/c1-10-4-5-12(6-14(10)18)8-20-15-13-9-21-25(3)16(13)24-17(23-15)22-11(2)7-19/h4-6,9,11H,7-8,19H2,1-3H3,(H2,20,22,23,24). The Hall–Kier alpha value is -2.38. The minimum atomic E-state index is 0.0782. The molecule has 0 fully saturated rings. The first-order valence-corrected chi connectivity index (χ1v) is 8.51. The molecule has 0 aliphatic carbocycles. The number of nitrogens with zero attached hydrogens (tertiary/aromatic N) is 4. The van der Waals surface area contributed by atoms with Gasteiger partial charge in [0.1, 0.15) is 5.82 Å². The molecule has 0 saturated heterocycles. The van der Waals surface area contributed by atoms with E-state index in [1.165, 1.54) is 0 Å². The number of nitrogens with one attached hydrogen (secondary N) is 2. The zero-order chi connectivity index (χ0) is 18.0. The van der Waals surface area contributed by atoms with Crippen LogP contribution in [-0.4, -0.2) is 32.3 Å². The summed E-state index contributed by atoms with van der Waals surface area (Å²) in [4.78, 5) is 9.11. The van der Waals surface area contributed by atoms with Crippen molar-refractivity contribution in [3.8, 4) is 0 Å². The molecule has 0 radical (unpaired) electrons. The molecule has 0 bridgehead atoms. The van der Waals surface area contributed by atoms with Gasteiger partial charge in [-0.25, -0.2) is 0 Å². The Kier molecular flexibility index (Phi) is 5.06. The van der Waals surface area contributed by atoms with E-state index in [4.69, 9.17) is 17.3 Å². The third kappa shape index (κ3) is 3.83. The summed E-state index contributed by atoms with van der Waals surface area (Å²) in [5.74, 6) is 1.25. The van der Waals surface area contributed by atoms with E-state index in [1.807, 2.05) is 39.1 Å². The molecule has 1 aromatic carbocycles. The van der Waals surface area contributed by atoms with E-state index in [2.05, 4.69) is 25.7 Å². The van der Waals surface area contributed by atoms with Gasteiger partial charge in [0.15, 0.2) is 5.65 Å². The van der Waals surface area contributed by atoms with E-state index >= 15 is 0 Å². The maximum atomic E-state index is 6.20. The van der Waals surface area contributed by atoms with E-state index < -0.39 is 0 Å². The first-order valence-electron chi connectivity index (χ1n) is 8.13. The lowest BCUT2D eigenvalue weighted by Gasteiger charge is -2.14. The summed E-state index contributed by atoms with van der Waals surface area (Å²) in [5, 5.41) is 12.5. The van der Waals surface area contributed by atoms with Crippen LogP contribution in [-0.2, 0) is 13.6 Å². The Morgan fingerprint density at radius 2 is 2.12 bits per heavy atom. The van der Waals surface area contributed by atoms with Crippen LogP contribution in [0.1, 0.15) is 18.1 Å². The molecule has 2 heterocycles. The molecule has 3 rings (SSSR count). The highest BCUT2D eigenvalue weighted by Gasteiger charge is 2.13. The summed E-state index contributed by atoms with van der Waals surface area (Å²) in [5.41, 5.74) is 8.57. The molecule has 7 nitrogen and oxygen atoms in total. The zero-order valence-corrected chi connectivity index (χ0v) is 15.3. The fraction of sp³-hybridized carbons (Fsp3) is 0.353. The first-order chi connectivity index (χ1) is 12.0. The monoisotopic (exact) mass is 359 g/mol. The Balaban J connectivity index is 1.89. The van der Waals surface area contributed by atoms with Gasteiger partial charge in [-0.15, -0.1) is 0 Å². The highest BCUT2D eigenvalue weighted by atomic mass is 35.5. The lowest BCUT2D eigenvalue weighted by atomic mass is 10.1. The maximum Gasteiger partial charge on any atom is 0.226 e. The van der Waals surface area contributed by atoms with Crippen LogP contribution in [0.4, 0.5) is 11.8 Å². The molecule has 8 heteroatoms. The van der Waals surface area contributed by atoms with Crippen molar-refractivity contribution in [3.05, 3.63) is 40.5 Å². The second-order valence-electron chi connectivity index (χ2n) is 6.12. The normalized spacial score (nSPS) is 12.4. The second kappa shape index (κ2) is 7.25. The molecule has 0 amide bonds. The van der Waals surface area contributed by atoms with Crippen LogP contribution in [0.15, 0.2) is 24.4 Å². The van der Waals surface area contributed by atoms with E-state index in [9.17, 15) is 0 Å². The average molecular weight is 360 g/mol. The smallest absolute Gasteiger partial charge is 0.226 e. The number of anilines is 2. The topological polar surface area (TPSA) is 93.7 Å². The van der Waals surface area contributed by atoms with Gasteiger partial charge in [-0.3, -0.25) is 4.68 Å². The van der Waals surface area contributed by atoms with Gasteiger partial charge in [-0.05, 0) is 31.0 Å². The number of rotatable bonds is 6. The van der Waals surface area contributed by atoms with Gasteiger partial charge in [0.2, 0.25) is 5.95 Å². The van der Waals surface area contributed by atoms with Gasteiger partial charge in [-0.1, -0.05) is 23.7 Å². The molecule has 3 aromatic rings. The molecule has 0 aliphatic rings. The van der Waals surface area contributed by atoms with E-state index in [0.717, 1.165) is 33.0 Å². The van der Waals surface area contributed by atoms with Gasteiger partial charge in [0.25, 0.3) is 0 Å². The van der Waals surface area contributed by atoms with Crippen LogP contribution >= 0.6 is 11.6 Å². The van der Waals surface area contributed by atoms with Crippen LogP contribution in [0.5, 0.6) is 0 Å². The summed E-state index contributed by atoms with van der Waals surface area (Å²) >= 11 is 6.20. The number of halogens is 1. The van der Waals surface area contributed by atoms with Crippen molar-refractivity contribution in [3.63, 3.8) is 0 Å². The molecule has 132 valence electrons. The molecule has 0 aliphatic heterocycles. The van der Waals surface area contributed by atoms with Crippen LogP contribution in [0.25, 0.3) is 11.0 Å². The largest absolute Gasteiger partial charge is 0.365 e. The van der Waals surface area contributed by atoms with E-state index in [1.54, 1.807) is 10.9 Å². The lowest BCUT2D eigenvalue weighted by molar-refractivity contribution is 0.774. The third-order valence-electron chi connectivity index (χ3n) is 4.02. The summed E-state index contributed by atoms with van der Waals surface area (Å²) in [7, 11) is 1.86. The highest BCUT2D eigenvalue weighted by Crippen LogP contribution is 2.23. The maximum absolute atomic E-state index is 6.20. The Labute approximate surface area is 151 Å². The number of benzene rings is 1. The van der Waals surface area contributed by atoms with Crippen LogP contribution in [0.2, 0.25) is 5.02 Å². The summed E-state index contributed by atoms with van der Waals surface area (Å²) in [6, 6.07) is 6.09. The average Bonchev–Trinajstić information content (AvgIpc) is 2.97. The number of hydrogen-bond acceptors (Lipinski definition) is 6. The summed E-state index contributed by atoms with van der Waals surface area (Å²) in [6.07, 6.45) is 1.76. The fourth-order valence-corrected chi connectivity index (χ4v) is 2.64. The van der Waals surface area contributed by atoms with E-state index in [0.29, 0.717) is 19.0 Å². The Morgan fingerprint density at radius 3 is 2.84 bits per heavy atom. The summed E-state index contributed by atoms with van der Waals surface area (Å²) < 4.78 is 1.73. The Bertz CT molecular complexity index is 890. The fourth-order valence-electron chi connectivity index (χ4n) is 2.43. The Morgan fingerprint density at radius 1 is 1.32 bits per heavy atom. The van der Waals surface area contributed by atoms with Gasteiger partial charge < -0.3 is 16.4 Å². The number of fused-ring (bicyclic) bond motifs is 1. The molecule has 1 unspecified atom stereocenters. The van der Waals surface area contributed by atoms with Crippen molar-refractivity contribution in [1.82, 2.24) is 19.7 Å². The predicted octanol–water partition coefficient (Wildman–Crippen LogP) is 2.70. The van der Waals surface area contributed by atoms with Crippen molar-refractivity contribution in [2.75, 3.05) is 17.2 Å². The molecular formula is C17H22ClN7. The highest BCUT2D eigenvalue weighted by molar-refractivity contribution is 6.31. The van der Waals surface area contributed by atoms with Crippen molar-refractivity contribution in [1.29, 1.82) is 0 Å². The summed E-state index contributed by atoms with van der Waals surface area (Å²) in [6.45, 7) is 5.07. The quantitative estimate of drug-likeness (QED) is 0.626. The van der Waals surface area contributed by atoms with Crippen LogP contribution in [0, 0.1) is 6.92 Å². The predicted molar refractivity (Wildman–Crippen MR) is 102 cm³/mol. The van der Waals surface area contributed by atoms with Crippen molar-refractivity contribution in [2.45, 2.75) is 26.4 Å². The van der Waals surface area contributed by atoms with Gasteiger partial charge >= 0.3 is 0 Å². The van der Waals surface area contributed by atoms with Crippen LogP contribution < -0.4 is 16.4 Å². The van der Waals surface area contributed by atoms with Gasteiger partial charge in [-0.2, -0.15) is 15.1 Å². The molecular weight excluding hydrogens is 338 g/mol. The molecule has 4 N–H and O–H groups in total. The molecule has 2 aromatic heterocycles. The minimum Gasteiger partial charge on any atom is -0.365 e. The zero-order valence-electron chi connectivity index (χ0n) is 14.5. The second-order valence-corrected chi connectivity index (χ2v) is 6.53. The molecule has 25 heavy (non-hydrogen) atoms. The van der Waals surface area contributed by atoms with Crippen molar-refractivity contribution >= 4 is 34.4 Å². The van der Waals surface area contributed by atoms with Gasteiger partial charge in [0, 0.05) is 31.2 Å².